The van der Waals surface area contributed by atoms with E-state index in [0.717, 1.165) is 45.6 Å². The van der Waals surface area contributed by atoms with E-state index in [1.54, 1.807) is 0 Å². The van der Waals surface area contributed by atoms with Gasteiger partial charge in [-0.2, -0.15) is 0 Å². The zero-order valence-corrected chi connectivity index (χ0v) is 11.7. The first-order chi connectivity index (χ1) is 8.81. The smallest absolute Gasteiger partial charge is 0.225 e. The topological polar surface area (TPSA) is 29.5 Å². The van der Waals surface area contributed by atoms with Crippen molar-refractivity contribution in [3.8, 4) is 0 Å². The molecular formula is C15H27NO2. The van der Waals surface area contributed by atoms with Gasteiger partial charge in [0.1, 0.15) is 0 Å². The fourth-order valence-corrected chi connectivity index (χ4v) is 3.29. The Hall–Kier alpha value is -0.570. The Morgan fingerprint density at radius 1 is 1.17 bits per heavy atom. The van der Waals surface area contributed by atoms with Crippen molar-refractivity contribution in [2.24, 2.45) is 11.8 Å². The standard InChI is InChI=1S/C15H27NO2/c1-2-18-12-13-7-6-10-16(11-13)15(17)14-8-4-3-5-9-14/h13-14H,2-12H2,1H3. The van der Waals surface area contributed by atoms with Crippen LogP contribution in [0.15, 0.2) is 0 Å². The van der Waals surface area contributed by atoms with Crippen molar-refractivity contribution in [1.29, 1.82) is 0 Å². The molecule has 18 heavy (non-hydrogen) atoms. The summed E-state index contributed by atoms with van der Waals surface area (Å²) in [7, 11) is 0. The zero-order chi connectivity index (χ0) is 12.8. The van der Waals surface area contributed by atoms with Crippen molar-refractivity contribution in [2.45, 2.75) is 51.9 Å². The summed E-state index contributed by atoms with van der Waals surface area (Å²) in [4.78, 5) is 14.6. The van der Waals surface area contributed by atoms with E-state index in [9.17, 15) is 4.79 Å². The number of nitrogens with zero attached hydrogens (tertiary/aromatic N) is 1. The summed E-state index contributed by atoms with van der Waals surface area (Å²) in [6.45, 7) is 5.54. The summed E-state index contributed by atoms with van der Waals surface area (Å²) < 4.78 is 5.51. The van der Waals surface area contributed by atoms with Gasteiger partial charge in [-0.05, 0) is 38.5 Å². The van der Waals surface area contributed by atoms with Crippen molar-refractivity contribution in [3.05, 3.63) is 0 Å². The van der Waals surface area contributed by atoms with Gasteiger partial charge in [-0.3, -0.25) is 4.79 Å². The highest BCUT2D eigenvalue weighted by Gasteiger charge is 2.29. The van der Waals surface area contributed by atoms with Crippen LogP contribution in [0, 0.1) is 11.8 Å². The summed E-state index contributed by atoms with van der Waals surface area (Å²) in [5.74, 6) is 1.31. The molecule has 0 bridgehead atoms. The van der Waals surface area contributed by atoms with Crippen LogP contribution in [-0.2, 0) is 9.53 Å². The third-order valence-electron chi connectivity index (χ3n) is 4.34. The van der Waals surface area contributed by atoms with E-state index in [2.05, 4.69) is 4.90 Å². The van der Waals surface area contributed by atoms with E-state index >= 15 is 0 Å². The minimum absolute atomic E-state index is 0.324. The van der Waals surface area contributed by atoms with E-state index in [4.69, 9.17) is 4.74 Å². The second kappa shape index (κ2) is 7.13. The number of piperidine rings is 1. The zero-order valence-electron chi connectivity index (χ0n) is 11.7. The van der Waals surface area contributed by atoms with Crippen LogP contribution in [0.4, 0.5) is 0 Å². The molecule has 0 radical (unpaired) electrons. The normalized spacial score (nSPS) is 26.3. The van der Waals surface area contributed by atoms with Gasteiger partial charge < -0.3 is 9.64 Å². The van der Waals surface area contributed by atoms with Crippen LogP contribution in [0.1, 0.15) is 51.9 Å². The Morgan fingerprint density at radius 3 is 2.67 bits per heavy atom. The molecule has 1 aliphatic heterocycles. The van der Waals surface area contributed by atoms with Gasteiger partial charge in [-0.15, -0.1) is 0 Å². The predicted octanol–water partition coefficient (Wildman–Crippen LogP) is 2.84. The third kappa shape index (κ3) is 3.71. The van der Waals surface area contributed by atoms with Crippen molar-refractivity contribution < 1.29 is 9.53 Å². The number of carbonyl (C=O) groups is 1. The highest BCUT2D eigenvalue weighted by Crippen LogP contribution is 2.27. The Morgan fingerprint density at radius 2 is 1.94 bits per heavy atom. The predicted molar refractivity (Wildman–Crippen MR) is 72.4 cm³/mol. The Labute approximate surface area is 111 Å². The van der Waals surface area contributed by atoms with Crippen molar-refractivity contribution in [2.75, 3.05) is 26.3 Å². The minimum Gasteiger partial charge on any atom is -0.381 e. The van der Waals surface area contributed by atoms with Crippen molar-refractivity contribution in [3.63, 3.8) is 0 Å². The molecule has 2 aliphatic rings. The fraction of sp³-hybridized carbons (Fsp3) is 0.933. The highest BCUT2D eigenvalue weighted by molar-refractivity contribution is 5.79. The summed E-state index contributed by atoms with van der Waals surface area (Å²) in [5.41, 5.74) is 0. The number of likely N-dealkylation sites (tertiary alicyclic amines) is 1. The molecule has 1 unspecified atom stereocenters. The molecule has 0 aromatic carbocycles. The second-order valence-corrected chi connectivity index (χ2v) is 5.79. The molecule has 0 N–H and O–H groups in total. The molecule has 3 heteroatoms. The Bertz CT molecular complexity index is 261. The maximum absolute atomic E-state index is 12.5. The average Bonchev–Trinajstić information content (AvgIpc) is 2.45. The number of hydrogen-bond acceptors (Lipinski definition) is 2. The molecule has 2 rings (SSSR count). The van der Waals surface area contributed by atoms with Crippen LogP contribution in [0.5, 0.6) is 0 Å². The van der Waals surface area contributed by atoms with Gasteiger partial charge in [0, 0.05) is 25.6 Å². The Kier molecular flexibility index (Phi) is 5.48. The molecule has 2 fully saturated rings. The summed E-state index contributed by atoms with van der Waals surface area (Å²) in [6, 6.07) is 0. The Balaban J connectivity index is 1.81. The van der Waals surface area contributed by atoms with Crippen LogP contribution in [-0.4, -0.2) is 37.1 Å². The lowest BCUT2D eigenvalue weighted by molar-refractivity contribution is -0.138. The molecule has 1 heterocycles. The summed E-state index contributed by atoms with van der Waals surface area (Å²) in [5, 5.41) is 0. The molecule has 0 aromatic rings. The molecule has 0 spiro atoms. The van der Waals surface area contributed by atoms with E-state index < -0.39 is 0 Å². The molecule has 1 amide bonds. The van der Waals surface area contributed by atoms with Crippen molar-refractivity contribution in [1.82, 2.24) is 4.90 Å². The molecule has 104 valence electrons. The minimum atomic E-state index is 0.324. The lowest BCUT2D eigenvalue weighted by Crippen LogP contribution is -2.44. The van der Waals surface area contributed by atoms with Crippen LogP contribution in [0.25, 0.3) is 0 Å². The average molecular weight is 253 g/mol. The lowest BCUT2D eigenvalue weighted by atomic mass is 9.87. The largest absolute Gasteiger partial charge is 0.381 e. The van der Waals surface area contributed by atoms with Gasteiger partial charge in [0.2, 0.25) is 5.91 Å². The first-order valence-electron chi connectivity index (χ1n) is 7.67. The molecule has 3 nitrogen and oxygen atoms in total. The van der Waals surface area contributed by atoms with Gasteiger partial charge >= 0.3 is 0 Å². The van der Waals surface area contributed by atoms with Gasteiger partial charge in [0.25, 0.3) is 0 Å². The number of amides is 1. The number of carbonyl (C=O) groups excluding carboxylic acids is 1. The van der Waals surface area contributed by atoms with Gasteiger partial charge in [-0.25, -0.2) is 0 Å². The maximum atomic E-state index is 12.5. The molecule has 1 saturated carbocycles. The van der Waals surface area contributed by atoms with Crippen LogP contribution >= 0.6 is 0 Å². The third-order valence-corrected chi connectivity index (χ3v) is 4.34. The van der Waals surface area contributed by atoms with Gasteiger partial charge in [0.15, 0.2) is 0 Å². The van der Waals surface area contributed by atoms with Gasteiger partial charge in [0.05, 0.1) is 6.61 Å². The molecule has 1 aliphatic carbocycles. The second-order valence-electron chi connectivity index (χ2n) is 5.79. The molecule has 1 atom stereocenters. The number of rotatable bonds is 4. The van der Waals surface area contributed by atoms with Crippen molar-refractivity contribution >= 4 is 5.91 Å². The molecular weight excluding hydrogens is 226 g/mol. The first kappa shape index (κ1) is 13.9. The van der Waals surface area contributed by atoms with Crippen LogP contribution in [0.3, 0.4) is 0 Å². The maximum Gasteiger partial charge on any atom is 0.225 e. The van der Waals surface area contributed by atoms with Crippen LogP contribution in [0.2, 0.25) is 0 Å². The van der Waals surface area contributed by atoms with E-state index in [1.807, 2.05) is 6.92 Å². The fourth-order valence-electron chi connectivity index (χ4n) is 3.29. The number of ether oxygens (including phenoxy) is 1. The molecule has 1 saturated heterocycles. The first-order valence-corrected chi connectivity index (χ1v) is 7.67. The SMILES string of the molecule is CCOCC1CCCN(C(=O)C2CCCCC2)C1. The highest BCUT2D eigenvalue weighted by atomic mass is 16.5. The molecule has 0 aromatic heterocycles. The lowest BCUT2D eigenvalue weighted by Gasteiger charge is -2.35. The van der Waals surface area contributed by atoms with Crippen LogP contribution < -0.4 is 0 Å². The summed E-state index contributed by atoms with van der Waals surface area (Å²) in [6.07, 6.45) is 8.40. The van der Waals surface area contributed by atoms with E-state index in [1.165, 1.54) is 25.7 Å². The van der Waals surface area contributed by atoms with Gasteiger partial charge in [-0.1, -0.05) is 19.3 Å². The number of hydrogen-bond donors (Lipinski definition) is 0. The summed E-state index contributed by atoms with van der Waals surface area (Å²) >= 11 is 0. The monoisotopic (exact) mass is 253 g/mol. The quantitative estimate of drug-likeness (QED) is 0.771. The van der Waals surface area contributed by atoms with E-state index in [-0.39, 0.29) is 0 Å². The van der Waals surface area contributed by atoms with E-state index in [0.29, 0.717) is 17.7 Å².